The Labute approximate surface area is 227 Å². The van der Waals surface area contributed by atoms with Gasteiger partial charge in [-0.2, -0.15) is 5.10 Å². The van der Waals surface area contributed by atoms with Gasteiger partial charge in [-0.1, -0.05) is 17.7 Å². The van der Waals surface area contributed by atoms with Crippen LogP contribution in [0.1, 0.15) is 36.8 Å². The highest BCUT2D eigenvalue weighted by atomic mass is 35.5. The second-order valence-electron chi connectivity index (χ2n) is 10.2. The zero-order valence-corrected chi connectivity index (χ0v) is 22.6. The lowest BCUT2D eigenvalue weighted by atomic mass is 9.91. The van der Waals surface area contributed by atoms with Gasteiger partial charge in [0.05, 0.1) is 33.7 Å². The maximum atomic E-state index is 13.9. The van der Waals surface area contributed by atoms with Crippen LogP contribution in [0.5, 0.6) is 0 Å². The quantitative estimate of drug-likeness (QED) is 0.212. The first-order valence-electron chi connectivity index (χ1n) is 12.8. The van der Waals surface area contributed by atoms with Crippen molar-refractivity contribution >= 4 is 40.0 Å². The Morgan fingerprint density at radius 3 is 2.61 bits per heavy atom. The number of benzene rings is 2. The number of aromatic nitrogens is 2. The van der Waals surface area contributed by atoms with Crippen molar-refractivity contribution in [3.05, 3.63) is 76.8 Å². The van der Waals surface area contributed by atoms with Crippen molar-refractivity contribution in [3.63, 3.8) is 0 Å². The van der Waals surface area contributed by atoms with Crippen LogP contribution in [0.3, 0.4) is 0 Å². The van der Waals surface area contributed by atoms with E-state index >= 15 is 0 Å². The van der Waals surface area contributed by atoms with Crippen molar-refractivity contribution in [2.75, 3.05) is 24.3 Å². The fraction of sp³-hybridized carbons (Fsp3) is 0.310. The summed E-state index contributed by atoms with van der Waals surface area (Å²) < 4.78 is 15.7. The van der Waals surface area contributed by atoms with Gasteiger partial charge >= 0.3 is 0 Å². The average Bonchev–Trinajstić information content (AvgIpc) is 3.32. The van der Waals surface area contributed by atoms with Crippen LogP contribution in [-0.2, 0) is 0 Å². The third kappa shape index (κ3) is 5.33. The Morgan fingerprint density at radius 1 is 1.13 bits per heavy atom. The summed E-state index contributed by atoms with van der Waals surface area (Å²) in [7, 11) is 4.07. The van der Waals surface area contributed by atoms with Gasteiger partial charge in [-0.3, -0.25) is 0 Å². The molecule has 1 aliphatic carbocycles. The van der Waals surface area contributed by atoms with E-state index in [1.807, 2.05) is 24.8 Å². The number of halogens is 2. The molecular weight excluding hydrogens is 501 g/mol. The zero-order chi connectivity index (χ0) is 27.0. The minimum absolute atomic E-state index is 0.205. The van der Waals surface area contributed by atoms with Crippen LogP contribution >= 0.6 is 11.6 Å². The highest BCUT2D eigenvalue weighted by Crippen LogP contribution is 2.34. The highest BCUT2D eigenvalue weighted by molar-refractivity contribution is 6.33. The van der Waals surface area contributed by atoms with Gasteiger partial charge < -0.3 is 21.7 Å². The van der Waals surface area contributed by atoms with Crippen molar-refractivity contribution in [1.82, 2.24) is 9.61 Å². The van der Waals surface area contributed by atoms with Gasteiger partial charge in [-0.15, -0.1) is 0 Å². The Morgan fingerprint density at radius 2 is 1.89 bits per heavy atom. The largest absolute Gasteiger partial charge is 0.383 e. The number of aryl methyl sites for hydroxylation is 1. The normalized spacial score (nSPS) is 18.1. The van der Waals surface area contributed by atoms with Crippen LogP contribution in [0.15, 0.2) is 59.9 Å². The monoisotopic (exact) mass is 533 g/mol. The van der Waals surface area contributed by atoms with Gasteiger partial charge in [0, 0.05) is 49.7 Å². The van der Waals surface area contributed by atoms with Crippen LogP contribution in [0, 0.1) is 12.7 Å². The first kappa shape index (κ1) is 26.0. The number of rotatable bonds is 6. The number of aliphatic imine (C=N–C) groups is 1. The maximum Gasteiger partial charge on any atom is 0.135 e. The molecule has 0 atom stereocenters. The minimum Gasteiger partial charge on any atom is -0.383 e. The number of nitrogens with two attached hydrogens (primary N) is 2. The van der Waals surface area contributed by atoms with E-state index in [4.69, 9.17) is 23.1 Å². The van der Waals surface area contributed by atoms with Crippen LogP contribution < -0.4 is 21.7 Å². The molecule has 0 unspecified atom stereocenters. The molecule has 0 saturated heterocycles. The van der Waals surface area contributed by atoms with E-state index in [-0.39, 0.29) is 23.6 Å². The first-order chi connectivity index (χ1) is 18.2. The molecule has 38 heavy (non-hydrogen) atoms. The summed E-state index contributed by atoms with van der Waals surface area (Å²) in [4.78, 5) is 6.57. The smallest absolute Gasteiger partial charge is 0.135 e. The molecule has 0 aliphatic heterocycles. The molecule has 0 radical (unpaired) electrons. The number of amidine groups is 1. The van der Waals surface area contributed by atoms with Gasteiger partial charge in [0.25, 0.3) is 0 Å². The number of nitrogens with one attached hydrogen (secondary N) is 1. The van der Waals surface area contributed by atoms with Crippen LogP contribution in [0.2, 0.25) is 5.02 Å². The maximum absolute atomic E-state index is 13.9. The third-order valence-corrected chi connectivity index (χ3v) is 7.54. The van der Waals surface area contributed by atoms with Crippen LogP contribution in [0.4, 0.5) is 21.5 Å². The molecule has 7 nitrogen and oxygen atoms in total. The molecule has 2 heterocycles. The van der Waals surface area contributed by atoms with E-state index in [2.05, 4.69) is 51.5 Å². The molecular formula is C29H33ClFN7. The molecule has 1 fully saturated rings. The summed E-state index contributed by atoms with van der Waals surface area (Å²) in [6, 6.07) is 13.1. The van der Waals surface area contributed by atoms with Crippen molar-refractivity contribution in [2.45, 2.75) is 44.7 Å². The average molecular weight is 534 g/mol. The summed E-state index contributed by atoms with van der Waals surface area (Å²) in [5, 5.41) is 8.69. The van der Waals surface area contributed by atoms with Crippen molar-refractivity contribution < 1.29 is 4.39 Å². The van der Waals surface area contributed by atoms with Crippen LogP contribution in [-0.4, -0.2) is 41.6 Å². The summed E-state index contributed by atoms with van der Waals surface area (Å²) in [5.41, 5.74) is 19.8. The molecule has 1 saturated carbocycles. The standard InChI is InChI=1S/C29H33ClFN7/c1-17-12-22(37(2)3)9-10-23(17)18-13-27-28(35-21-7-5-20(32)6-8-21)24(15-34-38(27)16-18)29(33)36-26-14-19(31)4-11-25(26)30/h4,9-16,20-21,35H,5-8,32H2,1-3H3,(H2,33,36)/t20-,21-. The second kappa shape index (κ2) is 10.6. The minimum atomic E-state index is -0.432. The van der Waals surface area contributed by atoms with E-state index in [1.54, 1.807) is 6.20 Å². The Bertz CT molecular complexity index is 1500. The molecule has 0 spiro atoms. The number of anilines is 2. The number of fused-ring (bicyclic) bond motifs is 1. The molecule has 4 aromatic rings. The predicted molar refractivity (Wildman–Crippen MR) is 155 cm³/mol. The van der Waals surface area contributed by atoms with Crippen molar-refractivity contribution in [3.8, 4) is 11.1 Å². The fourth-order valence-corrected chi connectivity index (χ4v) is 5.19. The predicted octanol–water partition coefficient (Wildman–Crippen LogP) is 5.89. The molecule has 5 N–H and O–H groups in total. The second-order valence-corrected chi connectivity index (χ2v) is 10.6. The molecule has 0 amide bonds. The highest BCUT2D eigenvalue weighted by Gasteiger charge is 2.22. The van der Waals surface area contributed by atoms with Crippen molar-refractivity contribution in [2.24, 2.45) is 16.5 Å². The van der Waals surface area contributed by atoms with E-state index in [0.29, 0.717) is 10.6 Å². The fourth-order valence-electron chi connectivity index (χ4n) is 5.03. The molecule has 9 heteroatoms. The zero-order valence-electron chi connectivity index (χ0n) is 21.9. The van der Waals surface area contributed by atoms with Crippen LogP contribution in [0.25, 0.3) is 16.6 Å². The molecule has 1 aliphatic rings. The lowest BCUT2D eigenvalue weighted by molar-refractivity contribution is 0.411. The summed E-state index contributed by atoms with van der Waals surface area (Å²) in [6.07, 6.45) is 7.55. The van der Waals surface area contributed by atoms with E-state index in [9.17, 15) is 4.39 Å². The van der Waals surface area contributed by atoms with Gasteiger partial charge in [-0.05, 0) is 74.1 Å². The molecule has 2 aromatic heterocycles. The topological polar surface area (TPSA) is 97.0 Å². The number of hydrogen-bond donors (Lipinski definition) is 3. The number of hydrogen-bond acceptors (Lipinski definition) is 5. The molecule has 198 valence electrons. The summed E-state index contributed by atoms with van der Waals surface area (Å²) in [6.45, 7) is 2.11. The van der Waals surface area contributed by atoms with Gasteiger partial charge in [-0.25, -0.2) is 13.9 Å². The molecule has 0 bridgehead atoms. The third-order valence-electron chi connectivity index (χ3n) is 7.22. The van der Waals surface area contributed by atoms with E-state index < -0.39 is 5.82 Å². The van der Waals surface area contributed by atoms with Gasteiger partial charge in [0.1, 0.15) is 11.7 Å². The Balaban J connectivity index is 1.61. The Kier molecular flexibility index (Phi) is 7.27. The lowest BCUT2D eigenvalue weighted by Crippen LogP contribution is -2.33. The summed E-state index contributed by atoms with van der Waals surface area (Å²) >= 11 is 6.27. The lowest BCUT2D eigenvalue weighted by Gasteiger charge is -2.28. The van der Waals surface area contributed by atoms with Gasteiger partial charge in [0.15, 0.2) is 0 Å². The Hall–Kier alpha value is -3.62. The SMILES string of the molecule is Cc1cc(N(C)C)ccc1-c1cc2c(N[C@H]3CC[C@H](N)CC3)c(/C(N)=N/c3cc(F)ccc3Cl)cnn2c1. The molecule has 2 aromatic carbocycles. The first-order valence-corrected chi connectivity index (χ1v) is 13.2. The molecule has 5 rings (SSSR count). The summed E-state index contributed by atoms with van der Waals surface area (Å²) in [5.74, 6) is -0.227. The van der Waals surface area contributed by atoms with Crippen molar-refractivity contribution in [1.29, 1.82) is 0 Å². The van der Waals surface area contributed by atoms with Gasteiger partial charge in [0.2, 0.25) is 0 Å². The van der Waals surface area contributed by atoms with E-state index in [1.165, 1.54) is 23.8 Å². The van der Waals surface area contributed by atoms with E-state index in [0.717, 1.165) is 53.7 Å². The number of nitrogens with zero attached hydrogens (tertiary/aromatic N) is 4.